The highest BCUT2D eigenvalue weighted by atomic mass is 16.5. The topological polar surface area (TPSA) is 82.2 Å². The van der Waals surface area contributed by atoms with Gasteiger partial charge < -0.3 is 29.2 Å². The molecule has 1 unspecified atom stereocenters. The second-order valence-electron chi connectivity index (χ2n) is 7.90. The fourth-order valence-electron chi connectivity index (χ4n) is 4.07. The molecule has 0 aliphatic carbocycles. The number of carbonyl (C=O) groups excluding carboxylic acids is 1. The molecule has 178 valence electrons. The fourth-order valence-corrected chi connectivity index (χ4v) is 4.07. The monoisotopic (exact) mass is 463 g/mol. The maximum absolute atomic E-state index is 13.0. The maximum atomic E-state index is 13.0. The van der Waals surface area contributed by atoms with Crippen LogP contribution in [0.2, 0.25) is 0 Å². The fraction of sp³-hybridized carbons (Fsp3) is 0.308. The molecule has 0 bridgehead atoms. The van der Waals surface area contributed by atoms with Crippen LogP contribution in [0.25, 0.3) is 0 Å². The van der Waals surface area contributed by atoms with Gasteiger partial charge in [0.25, 0.3) is 0 Å². The van der Waals surface area contributed by atoms with Gasteiger partial charge in [0.05, 0.1) is 27.4 Å². The summed E-state index contributed by atoms with van der Waals surface area (Å²) < 4.78 is 21.8. The predicted octanol–water partition coefficient (Wildman–Crippen LogP) is 4.95. The van der Waals surface area contributed by atoms with Gasteiger partial charge in [-0.2, -0.15) is 0 Å². The van der Waals surface area contributed by atoms with E-state index in [0.717, 1.165) is 35.5 Å². The van der Waals surface area contributed by atoms with E-state index >= 15 is 0 Å². The van der Waals surface area contributed by atoms with Crippen LogP contribution >= 0.6 is 0 Å². The third kappa shape index (κ3) is 5.33. The first-order valence-corrected chi connectivity index (χ1v) is 11.1. The Morgan fingerprint density at radius 2 is 1.79 bits per heavy atom. The number of carbonyl (C=O) groups is 1. The minimum Gasteiger partial charge on any atom is -0.497 e. The molecule has 8 nitrogen and oxygen atoms in total. The number of ether oxygens (including phenoxy) is 4. The zero-order valence-corrected chi connectivity index (χ0v) is 19.6. The average Bonchev–Trinajstić information content (AvgIpc) is 3.37. The summed E-state index contributed by atoms with van der Waals surface area (Å²) >= 11 is 0. The van der Waals surface area contributed by atoms with Crippen molar-refractivity contribution in [3.05, 3.63) is 71.9 Å². The number of nitrogens with one attached hydrogen (secondary N) is 1. The summed E-state index contributed by atoms with van der Waals surface area (Å²) in [6.07, 6.45) is 3.52. The summed E-state index contributed by atoms with van der Waals surface area (Å²) in [6, 6.07) is 16.6. The Labute approximate surface area is 199 Å². The van der Waals surface area contributed by atoms with E-state index in [0.29, 0.717) is 30.5 Å². The highest BCUT2D eigenvalue weighted by Crippen LogP contribution is 2.38. The molecule has 1 atom stereocenters. The van der Waals surface area contributed by atoms with Crippen LogP contribution in [0, 0.1) is 0 Å². The Morgan fingerprint density at radius 3 is 2.53 bits per heavy atom. The van der Waals surface area contributed by atoms with Gasteiger partial charge in [-0.15, -0.1) is 0 Å². The van der Waals surface area contributed by atoms with E-state index in [4.69, 9.17) is 18.9 Å². The number of methoxy groups -OCH3 is 3. The summed E-state index contributed by atoms with van der Waals surface area (Å²) in [5.74, 6) is 3.27. The van der Waals surface area contributed by atoms with Gasteiger partial charge >= 0.3 is 6.03 Å². The Hall–Kier alpha value is -3.94. The molecule has 1 fully saturated rings. The van der Waals surface area contributed by atoms with Crippen molar-refractivity contribution in [2.24, 2.45) is 0 Å². The van der Waals surface area contributed by atoms with Gasteiger partial charge in [-0.3, -0.25) is 0 Å². The van der Waals surface area contributed by atoms with E-state index in [9.17, 15) is 4.79 Å². The average molecular weight is 464 g/mol. The van der Waals surface area contributed by atoms with E-state index in [1.165, 1.54) is 0 Å². The van der Waals surface area contributed by atoms with Crippen molar-refractivity contribution in [2.45, 2.75) is 25.4 Å². The lowest BCUT2D eigenvalue weighted by Gasteiger charge is -2.26. The smallest absolute Gasteiger partial charge is 0.318 e. The highest BCUT2D eigenvalue weighted by molar-refractivity contribution is 5.75. The third-order valence-electron chi connectivity index (χ3n) is 5.82. The first-order chi connectivity index (χ1) is 16.6. The van der Waals surface area contributed by atoms with Crippen LogP contribution < -0.4 is 24.3 Å². The maximum Gasteiger partial charge on any atom is 0.318 e. The van der Waals surface area contributed by atoms with Crippen molar-refractivity contribution in [3.63, 3.8) is 0 Å². The number of pyridine rings is 1. The van der Waals surface area contributed by atoms with Gasteiger partial charge in [-0.05, 0) is 42.7 Å². The molecule has 3 aromatic rings. The lowest BCUT2D eigenvalue weighted by molar-refractivity contribution is 0.191. The number of aromatic nitrogens is 1. The molecule has 2 heterocycles. The molecular formula is C26H29N3O5. The summed E-state index contributed by atoms with van der Waals surface area (Å²) in [4.78, 5) is 19.2. The summed E-state index contributed by atoms with van der Waals surface area (Å²) in [6.45, 7) is 1.06. The lowest BCUT2D eigenvalue weighted by Crippen LogP contribution is -2.39. The van der Waals surface area contributed by atoms with Crippen molar-refractivity contribution in [3.8, 4) is 28.9 Å². The minimum absolute atomic E-state index is 0.0439. The summed E-state index contributed by atoms with van der Waals surface area (Å²) in [5, 5.41) is 3.01. The molecule has 2 aromatic carbocycles. The second-order valence-corrected chi connectivity index (χ2v) is 7.90. The van der Waals surface area contributed by atoms with E-state index in [2.05, 4.69) is 10.3 Å². The summed E-state index contributed by atoms with van der Waals surface area (Å²) in [7, 11) is 4.86. The van der Waals surface area contributed by atoms with Crippen LogP contribution in [0.15, 0.2) is 60.8 Å². The number of rotatable bonds is 8. The molecule has 1 aliphatic heterocycles. The number of hydrogen-bond acceptors (Lipinski definition) is 6. The van der Waals surface area contributed by atoms with Crippen LogP contribution in [0.4, 0.5) is 4.79 Å². The molecule has 8 heteroatoms. The van der Waals surface area contributed by atoms with Crippen molar-refractivity contribution in [2.75, 3.05) is 27.9 Å². The van der Waals surface area contributed by atoms with Gasteiger partial charge in [0.1, 0.15) is 23.0 Å². The first kappa shape index (κ1) is 23.2. The molecule has 2 amide bonds. The van der Waals surface area contributed by atoms with Gasteiger partial charge in [-0.25, -0.2) is 9.78 Å². The van der Waals surface area contributed by atoms with Gasteiger partial charge in [0, 0.05) is 43.0 Å². The molecule has 4 rings (SSSR count). The molecule has 1 N–H and O–H groups in total. The highest BCUT2D eigenvalue weighted by Gasteiger charge is 2.32. The quantitative estimate of drug-likeness (QED) is 0.509. The molecule has 1 saturated heterocycles. The van der Waals surface area contributed by atoms with E-state index < -0.39 is 0 Å². The van der Waals surface area contributed by atoms with Gasteiger partial charge in [0.2, 0.25) is 5.88 Å². The van der Waals surface area contributed by atoms with Crippen LogP contribution in [0.1, 0.15) is 30.0 Å². The second kappa shape index (κ2) is 10.8. The van der Waals surface area contributed by atoms with Crippen LogP contribution in [0.5, 0.6) is 28.9 Å². The predicted molar refractivity (Wildman–Crippen MR) is 128 cm³/mol. The minimum atomic E-state index is -0.114. The Bertz CT molecular complexity index is 1120. The van der Waals surface area contributed by atoms with Crippen LogP contribution in [0.3, 0.4) is 0 Å². The number of amides is 2. The number of likely N-dealkylation sites (tertiary alicyclic amines) is 1. The van der Waals surface area contributed by atoms with E-state index in [1.54, 1.807) is 39.7 Å². The van der Waals surface area contributed by atoms with Gasteiger partial charge in [-0.1, -0.05) is 12.1 Å². The standard InChI is InChI=1S/C26H29N3O5/c1-31-19-6-4-7-21(14-19)34-25-12-9-18(16-27-25)17-28-26(30)29-13-5-8-23(29)22-11-10-20(32-2)15-24(22)33-3/h4,6-7,9-12,14-16,23H,5,8,13,17H2,1-3H3,(H,28,30). The number of urea groups is 1. The van der Waals surface area contributed by atoms with Crippen LogP contribution in [-0.4, -0.2) is 43.8 Å². The Balaban J connectivity index is 1.36. The summed E-state index contributed by atoms with van der Waals surface area (Å²) in [5.41, 5.74) is 1.86. The zero-order chi connectivity index (χ0) is 23.9. The number of nitrogens with zero attached hydrogens (tertiary/aromatic N) is 2. The first-order valence-electron chi connectivity index (χ1n) is 11.1. The largest absolute Gasteiger partial charge is 0.497 e. The zero-order valence-electron chi connectivity index (χ0n) is 19.6. The van der Waals surface area contributed by atoms with Crippen LogP contribution in [-0.2, 0) is 6.54 Å². The van der Waals surface area contributed by atoms with E-state index in [1.807, 2.05) is 47.4 Å². The Morgan fingerprint density at radius 1 is 1.00 bits per heavy atom. The molecule has 1 aromatic heterocycles. The molecule has 0 spiro atoms. The number of benzene rings is 2. The van der Waals surface area contributed by atoms with Gasteiger partial charge in [0.15, 0.2) is 0 Å². The Kier molecular flexibility index (Phi) is 7.37. The normalized spacial score (nSPS) is 15.0. The van der Waals surface area contributed by atoms with Crippen molar-refractivity contribution < 1.29 is 23.7 Å². The third-order valence-corrected chi connectivity index (χ3v) is 5.82. The molecule has 1 aliphatic rings. The molecule has 34 heavy (non-hydrogen) atoms. The lowest BCUT2D eigenvalue weighted by atomic mass is 10.0. The van der Waals surface area contributed by atoms with Crippen molar-refractivity contribution >= 4 is 6.03 Å². The number of hydrogen-bond donors (Lipinski definition) is 1. The van der Waals surface area contributed by atoms with E-state index in [-0.39, 0.29) is 12.1 Å². The van der Waals surface area contributed by atoms with Crippen molar-refractivity contribution in [1.82, 2.24) is 15.2 Å². The molecule has 0 radical (unpaired) electrons. The van der Waals surface area contributed by atoms with Crippen molar-refractivity contribution in [1.29, 1.82) is 0 Å². The SMILES string of the molecule is COc1cccc(Oc2ccc(CNC(=O)N3CCCC3c3ccc(OC)cc3OC)cn2)c1. The molecule has 0 saturated carbocycles. The molecular weight excluding hydrogens is 434 g/mol.